The first-order valence-electron chi connectivity index (χ1n) is 4.85. The smallest absolute Gasteiger partial charge is 0.279 e. The normalized spacial score (nSPS) is 10.1. The summed E-state index contributed by atoms with van der Waals surface area (Å²) >= 11 is 0. The summed E-state index contributed by atoms with van der Waals surface area (Å²) in [5.41, 5.74) is 1.64. The van der Waals surface area contributed by atoms with Crippen molar-refractivity contribution in [2.45, 2.75) is 0 Å². The minimum atomic E-state index is -0.178. The van der Waals surface area contributed by atoms with Crippen LogP contribution in [0.25, 0.3) is 0 Å². The fourth-order valence-electron chi connectivity index (χ4n) is 1.35. The Morgan fingerprint density at radius 2 is 1.94 bits per heavy atom. The van der Waals surface area contributed by atoms with Gasteiger partial charge in [0.25, 0.3) is 5.91 Å². The van der Waals surface area contributed by atoms with Crippen molar-refractivity contribution in [3.63, 3.8) is 0 Å². The highest BCUT2D eigenvalue weighted by Crippen LogP contribution is 2.12. The summed E-state index contributed by atoms with van der Waals surface area (Å²) in [6.45, 7) is 0. The van der Waals surface area contributed by atoms with Gasteiger partial charge in [-0.05, 0) is 24.3 Å². The zero-order chi connectivity index (χ0) is 11.5. The second-order valence-electron chi connectivity index (χ2n) is 3.59. The van der Waals surface area contributed by atoms with Gasteiger partial charge in [-0.1, -0.05) is 0 Å². The zero-order valence-electron chi connectivity index (χ0n) is 9.16. The van der Waals surface area contributed by atoms with Crippen molar-refractivity contribution in [1.82, 2.24) is 14.8 Å². The Hall–Kier alpha value is -2.17. The van der Waals surface area contributed by atoms with Crippen molar-refractivity contribution >= 4 is 11.6 Å². The zero-order valence-corrected chi connectivity index (χ0v) is 9.16. The van der Waals surface area contributed by atoms with E-state index in [4.69, 9.17) is 0 Å². The van der Waals surface area contributed by atoms with Gasteiger partial charge in [-0.25, -0.2) is 4.98 Å². The molecular weight excluding hydrogens is 204 g/mol. The van der Waals surface area contributed by atoms with E-state index in [9.17, 15) is 4.79 Å². The number of carbonyl (C=O) groups is 1. The molecule has 0 unspecified atom stereocenters. The largest absolute Gasteiger partial charge is 0.378 e. The molecule has 0 aliphatic rings. The quantitative estimate of drug-likeness (QED) is 0.752. The molecule has 0 amide bonds. The SMILES string of the molecule is CN(C)c1ccc(C(=O)n2cncn2)cc1. The molecule has 2 rings (SSSR count). The number of anilines is 1. The van der Waals surface area contributed by atoms with Crippen LogP contribution in [0.4, 0.5) is 5.69 Å². The molecule has 5 heteroatoms. The van der Waals surface area contributed by atoms with Gasteiger partial charge in [-0.2, -0.15) is 9.78 Å². The Morgan fingerprint density at radius 3 is 2.44 bits per heavy atom. The molecule has 0 aliphatic heterocycles. The molecule has 5 nitrogen and oxygen atoms in total. The average molecular weight is 216 g/mol. The summed E-state index contributed by atoms with van der Waals surface area (Å²) in [6, 6.07) is 7.34. The summed E-state index contributed by atoms with van der Waals surface area (Å²) in [6.07, 6.45) is 2.73. The molecule has 0 bridgehead atoms. The van der Waals surface area contributed by atoms with Gasteiger partial charge in [-0.3, -0.25) is 4.79 Å². The van der Waals surface area contributed by atoms with Gasteiger partial charge in [0.15, 0.2) is 0 Å². The number of hydrogen-bond donors (Lipinski definition) is 0. The molecule has 0 N–H and O–H groups in total. The van der Waals surface area contributed by atoms with Gasteiger partial charge in [0.05, 0.1) is 0 Å². The van der Waals surface area contributed by atoms with E-state index < -0.39 is 0 Å². The Bertz CT molecular complexity index is 473. The fourth-order valence-corrected chi connectivity index (χ4v) is 1.35. The lowest BCUT2D eigenvalue weighted by molar-refractivity contribution is 0.0945. The Balaban J connectivity index is 2.25. The molecule has 0 aliphatic carbocycles. The third-order valence-electron chi connectivity index (χ3n) is 2.26. The highest BCUT2D eigenvalue weighted by atomic mass is 16.2. The molecule has 0 spiro atoms. The molecule has 0 saturated heterocycles. The van der Waals surface area contributed by atoms with Crippen LogP contribution in [0.1, 0.15) is 10.4 Å². The third kappa shape index (κ3) is 1.93. The van der Waals surface area contributed by atoms with E-state index in [2.05, 4.69) is 10.1 Å². The first kappa shape index (κ1) is 10.4. The molecule has 0 saturated carbocycles. The van der Waals surface area contributed by atoms with E-state index >= 15 is 0 Å². The molecule has 0 radical (unpaired) electrons. The van der Waals surface area contributed by atoms with Crippen LogP contribution < -0.4 is 4.90 Å². The van der Waals surface area contributed by atoms with Crippen molar-refractivity contribution in [3.05, 3.63) is 42.5 Å². The van der Waals surface area contributed by atoms with Crippen molar-refractivity contribution in [1.29, 1.82) is 0 Å². The minimum Gasteiger partial charge on any atom is -0.378 e. The maximum Gasteiger partial charge on any atom is 0.279 e. The highest BCUT2D eigenvalue weighted by Gasteiger charge is 2.08. The number of benzene rings is 1. The van der Waals surface area contributed by atoms with Crippen LogP contribution in [-0.4, -0.2) is 34.8 Å². The molecule has 2 aromatic rings. The minimum absolute atomic E-state index is 0.178. The van der Waals surface area contributed by atoms with Gasteiger partial charge in [0.2, 0.25) is 0 Å². The third-order valence-corrected chi connectivity index (χ3v) is 2.26. The van der Waals surface area contributed by atoms with E-state index in [-0.39, 0.29) is 5.91 Å². The number of rotatable bonds is 2. The molecule has 1 aromatic heterocycles. The van der Waals surface area contributed by atoms with Crippen LogP contribution >= 0.6 is 0 Å². The molecule has 82 valence electrons. The summed E-state index contributed by atoms with van der Waals surface area (Å²) in [5, 5.41) is 3.80. The maximum atomic E-state index is 11.8. The van der Waals surface area contributed by atoms with Crippen LogP contribution in [0.2, 0.25) is 0 Å². The van der Waals surface area contributed by atoms with Crippen molar-refractivity contribution in [2.75, 3.05) is 19.0 Å². The molecular formula is C11H12N4O. The summed E-state index contributed by atoms with van der Waals surface area (Å²) in [7, 11) is 3.91. The monoisotopic (exact) mass is 216 g/mol. The second-order valence-corrected chi connectivity index (χ2v) is 3.59. The van der Waals surface area contributed by atoms with Crippen LogP contribution in [0.5, 0.6) is 0 Å². The fraction of sp³-hybridized carbons (Fsp3) is 0.182. The van der Waals surface area contributed by atoms with E-state index in [1.807, 2.05) is 31.1 Å². The highest BCUT2D eigenvalue weighted by molar-refractivity contribution is 5.95. The van der Waals surface area contributed by atoms with Crippen molar-refractivity contribution in [2.24, 2.45) is 0 Å². The number of nitrogens with zero attached hydrogens (tertiary/aromatic N) is 4. The Kier molecular flexibility index (Phi) is 2.68. The van der Waals surface area contributed by atoms with Crippen molar-refractivity contribution in [3.8, 4) is 0 Å². The van der Waals surface area contributed by atoms with E-state index in [1.54, 1.807) is 12.1 Å². The summed E-state index contributed by atoms with van der Waals surface area (Å²) < 4.78 is 1.21. The van der Waals surface area contributed by atoms with Crippen LogP contribution in [0, 0.1) is 0 Å². The maximum absolute atomic E-state index is 11.8. The number of carbonyl (C=O) groups excluding carboxylic acids is 1. The van der Waals surface area contributed by atoms with Gasteiger partial charge >= 0.3 is 0 Å². The molecule has 0 atom stereocenters. The van der Waals surface area contributed by atoms with Crippen molar-refractivity contribution < 1.29 is 4.79 Å². The van der Waals surface area contributed by atoms with E-state index in [1.165, 1.54) is 17.3 Å². The summed E-state index contributed by atoms with van der Waals surface area (Å²) in [5.74, 6) is -0.178. The van der Waals surface area contributed by atoms with E-state index in [0.29, 0.717) is 5.56 Å². The van der Waals surface area contributed by atoms with Gasteiger partial charge in [-0.15, -0.1) is 0 Å². The average Bonchev–Trinajstić information content (AvgIpc) is 2.81. The van der Waals surface area contributed by atoms with Gasteiger partial charge in [0.1, 0.15) is 12.7 Å². The number of aromatic nitrogens is 3. The van der Waals surface area contributed by atoms with Gasteiger partial charge < -0.3 is 4.90 Å². The standard InChI is InChI=1S/C11H12N4O/c1-14(2)10-5-3-9(4-6-10)11(16)15-8-12-7-13-15/h3-8H,1-2H3. The molecule has 1 heterocycles. The van der Waals surface area contributed by atoms with Crippen LogP contribution in [0.3, 0.4) is 0 Å². The number of hydrogen-bond acceptors (Lipinski definition) is 4. The predicted octanol–water partition coefficient (Wildman–Crippen LogP) is 1.03. The molecule has 1 aromatic carbocycles. The summed E-state index contributed by atoms with van der Waals surface area (Å²) in [4.78, 5) is 17.5. The van der Waals surface area contributed by atoms with Crippen LogP contribution in [-0.2, 0) is 0 Å². The first-order valence-corrected chi connectivity index (χ1v) is 4.85. The van der Waals surface area contributed by atoms with Crippen LogP contribution in [0.15, 0.2) is 36.9 Å². The predicted molar refractivity (Wildman–Crippen MR) is 60.5 cm³/mol. The lowest BCUT2D eigenvalue weighted by Gasteiger charge is -2.12. The lowest BCUT2D eigenvalue weighted by atomic mass is 10.2. The van der Waals surface area contributed by atoms with Gasteiger partial charge in [0, 0.05) is 25.3 Å². The first-order chi connectivity index (χ1) is 7.68. The Morgan fingerprint density at radius 1 is 1.25 bits per heavy atom. The lowest BCUT2D eigenvalue weighted by Crippen LogP contribution is -2.13. The molecule has 16 heavy (non-hydrogen) atoms. The Labute approximate surface area is 93.3 Å². The van der Waals surface area contributed by atoms with E-state index in [0.717, 1.165) is 5.69 Å². The topological polar surface area (TPSA) is 51.0 Å². The second kappa shape index (κ2) is 4.14. The molecule has 0 fully saturated rings.